The first-order valence-electron chi connectivity index (χ1n) is 36.0. The highest BCUT2D eigenvalue weighted by Gasteiger charge is 2.22. The van der Waals surface area contributed by atoms with Gasteiger partial charge in [0.25, 0.3) is 0 Å². The van der Waals surface area contributed by atoms with Crippen molar-refractivity contribution in [3.8, 4) is 84.2 Å². The Morgan fingerprint density at radius 1 is 0.179 bits per heavy atom. The average molecular weight is 1400 g/mol. The Labute approximate surface area is 619 Å². The third kappa shape index (κ3) is 9.25. The zero-order chi connectivity index (χ0) is 69.2. The van der Waals surface area contributed by atoms with Crippen LogP contribution >= 0.6 is 34.0 Å². The minimum absolute atomic E-state index is 0.650. The lowest BCUT2D eigenvalue weighted by molar-refractivity contribution is 1.17. The molecule has 7 aromatic heterocycles. The minimum Gasteiger partial charge on any atom is -0.309 e. The fraction of sp³-hybridized carbons (Fsp3) is 0. The summed E-state index contributed by atoms with van der Waals surface area (Å²) in [6.07, 6.45) is 0. The van der Waals surface area contributed by atoms with Gasteiger partial charge in [-0.2, -0.15) is 0 Å². The van der Waals surface area contributed by atoms with E-state index in [-0.39, 0.29) is 0 Å². The number of benzene rings is 16. The van der Waals surface area contributed by atoms with E-state index in [4.69, 9.17) is 9.97 Å². The smallest absolute Gasteiger partial charge is 0.160 e. The maximum absolute atomic E-state index is 5.78. The normalized spacial score (nSPS) is 12.2. The Morgan fingerprint density at radius 2 is 0.472 bits per heavy atom. The summed E-state index contributed by atoms with van der Waals surface area (Å²) >= 11 is 5.57. The predicted octanol–water partition coefficient (Wildman–Crippen LogP) is 28.0. The molecule has 0 spiro atoms. The van der Waals surface area contributed by atoms with Gasteiger partial charge in [-0.3, -0.25) is 0 Å². The van der Waals surface area contributed by atoms with Crippen LogP contribution in [-0.2, 0) is 0 Å². The fourth-order valence-electron chi connectivity index (χ4n) is 17.1. The Hall–Kier alpha value is -13.1. The van der Waals surface area contributed by atoms with Crippen molar-refractivity contribution in [2.75, 3.05) is 0 Å². The van der Waals surface area contributed by atoms with Gasteiger partial charge in [-0.15, -0.1) is 34.0 Å². The first-order valence-corrected chi connectivity index (χ1v) is 38.4. The van der Waals surface area contributed by atoms with Crippen LogP contribution in [0, 0.1) is 0 Å². The summed E-state index contributed by atoms with van der Waals surface area (Å²) in [6, 6.07) is 128. The number of hydrogen-bond donors (Lipinski definition) is 0. The third-order valence-electron chi connectivity index (χ3n) is 22.0. The molecule has 0 aliphatic heterocycles. The molecule has 7 heterocycles. The standard InChI is InChI=1S/C98H57N5S3/c1-7-28-85-71(22-1)77-51-60(63-38-45-94-80(54-63)74-25-4-10-31-91(74)104-94)35-42-88(77)101(85)68-19-13-16-58(48-68)59-34-41-84-83(57-59)97(66-17-14-20-69(49-66)102-86-29-8-2-23-72(86)78-52-61(36-43-89(78)102)64-39-46-95-81(55-64)75-26-5-11-32-92(75)105-95)100-98(99-84)67-18-15-21-70(50-67)103-87-30-9-3-24-73(87)79-53-62(37-44-90(79)103)65-40-47-96-82(56-65)76-27-6-12-33-93(76)106-96/h1-57H. The Bertz CT molecular complexity index is 7680. The summed E-state index contributed by atoms with van der Waals surface area (Å²) in [7, 11) is 0. The number of hydrogen-bond acceptors (Lipinski definition) is 5. The molecule has 0 saturated carbocycles. The maximum Gasteiger partial charge on any atom is 0.160 e. The molecule has 23 aromatic rings. The molecule has 0 N–H and O–H groups in total. The van der Waals surface area contributed by atoms with Crippen molar-refractivity contribution in [1.29, 1.82) is 0 Å². The second kappa shape index (κ2) is 23.2. The van der Waals surface area contributed by atoms with Gasteiger partial charge in [0.05, 0.1) is 44.3 Å². The number of nitrogens with zero attached hydrogens (tertiary/aromatic N) is 5. The first kappa shape index (κ1) is 59.4. The van der Waals surface area contributed by atoms with Crippen LogP contribution in [0.4, 0.5) is 0 Å². The molecule has 0 saturated heterocycles. The number of thiophene rings is 3. The van der Waals surface area contributed by atoms with E-state index in [1.807, 2.05) is 34.0 Å². The quantitative estimate of drug-likeness (QED) is 0.144. The molecule has 0 amide bonds. The topological polar surface area (TPSA) is 40.6 Å². The van der Waals surface area contributed by atoms with E-state index in [1.54, 1.807) is 0 Å². The lowest BCUT2D eigenvalue weighted by Gasteiger charge is -2.15. The summed E-state index contributed by atoms with van der Waals surface area (Å²) in [5, 5.41) is 16.0. The molecular weight excluding hydrogens is 1340 g/mol. The number of aromatic nitrogens is 5. The van der Waals surface area contributed by atoms with Gasteiger partial charge < -0.3 is 13.7 Å². The van der Waals surface area contributed by atoms with Crippen LogP contribution in [0.5, 0.6) is 0 Å². The maximum atomic E-state index is 5.78. The molecule has 0 radical (unpaired) electrons. The predicted molar refractivity (Wildman–Crippen MR) is 454 cm³/mol. The molecule has 0 unspecified atom stereocenters. The number of fused-ring (bicyclic) bond motifs is 19. The van der Waals surface area contributed by atoms with Gasteiger partial charge in [-0.25, -0.2) is 9.97 Å². The van der Waals surface area contributed by atoms with Crippen molar-refractivity contribution in [2.24, 2.45) is 0 Å². The molecule has 492 valence electrons. The van der Waals surface area contributed by atoms with Gasteiger partial charge in [0.2, 0.25) is 0 Å². The molecule has 0 fully saturated rings. The fourth-order valence-corrected chi connectivity index (χ4v) is 20.3. The van der Waals surface area contributed by atoms with Gasteiger partial charge in [-0.1, -0.05) is 188 Å². The van der Waals surface area contributed by atoms with Crippen molar-refractivity contribution >= 4 is 171 Å². The van der Waals surface area contributed by atoms with Crippen LogP contribution in [0.25, 0.3) is 221 Å². The zero-order valence-corrected chi connectivity index (χ0v) is 59.3. The largest absolute Gasteiger partial charge is 0.309 e. The Kier molecular flexibility index (Phi) is 13.0. The molecule has 106 heavy (non-hydrogen) atoms. The molecule has 8 heteroatoms. The van der Waals surface area contributed by atoms with Crippen molar-refractivity contribution in [2.45, 2.75) is 0 Å². The zero-order valence-electron chi connectivity index (χ0n) is 56.9. The van der Waals surface area contributed by atoms with Crippen LogP contribution in [0.1, 0.15) is 0 Å². The Morgan fingerprint density at radius 3 is 0.896 bits per heavy atom. The lowest BCUT2D eigenvalue weighted by Crippen LogP contribution is -1.99. The van der Waals surface area contributed by atoms with Crippen LogP contribution < -0.4 is 0 Å². The second-order valence-electron chi connectivity index (χ2n) is 28.0. The Balaban J connectivity index is 0.665. The van der Waals surface area contributed by atoms with E-state index < -0.39 is 0 Å². The van der Waals surface area contributed by atoms with Crippen molar-refractivity contribution in [1.82, 2.24) is 23.7 Å². The van der Waals surface area contributed by atoms with E-state index in [0.29, 0.717) is 5.82 Å². The van der Waals surface area contributed by atoms with E-state index in [9.17, 15) is 0 Å². The monoisotopic (exact) mass is 1400 g/mol. The summed E-state index contributed by atoms with van der Waals surface area (Å²) in [5.74, 6) is 0.650. The van der Waals surface area contributed by atoms with Crippen molar-refractivity contribution in [3.05, 3.63) is 346 Å². The number of rotatable bonds is 9. The van der Waals surface area contributed by atoms with Gasteiger partial charge in [0, 0.05) is 126 Å². The first-order chi connectivity index (χ1) is 52.5. The molecule has 23 rings (SSSR count). The van der Waals surface area contributed by atoms with Gasteiger partial charge >= 0.3 is 0 Å². The van der Waals surface area contributed by atoms with Crippen LogP contribution in [0.2, 0.25) is 0 Å². The molecule has 0 atom stereocenters. The summed E-state index contributed by atoms with van der Waals surface area (Å²) in [5.41, 5.74) is 23.1. The summed E-state index contributed by atoms with van der Waals surface area (Å²) in [4.78, 5) is 11.3. The van der Waals surface area contributed by atoms with Crippen molar-refractivity contribution in [3.63, 3.8) is 0 Å². The highest BCUT2D eigenvalue weighted by atomic mass is 32.1. The van der Waals surface area contributed by atoms with E-state index in [0.717, 1.165) is 89.0 Å². The second-order valence-corrected chi connectivity index (χ2v) is 31.2. The number of para-hydroxylation sites is 3. The van der Waals surface area contributed by atoms with E-state index in [1.165, 1.54) is 126 Å². The van der Waals surface area contributed by atoms with Gasteiger partial charge in [0.1, 0.15) is 0 Å². The SMILES string of the molecule is c1cc(-c2ccc3nc(-c4cccc(-n5c6ccccc6c6cc(-c7ccc8sc9ccccc9c8c7)ccc65)c4)nc(-c4cccc(-n5c6ccccc6c6cc(-c7ccc8sc9ccccc9c8c7)ccc65)c4)c3c2)cc(-n2c3ccccc3c3cc(-c4ccc5sc6ccccc6c5c4)ccc32)c1. The lowest BCUT2D eigenvalue weighted by atomic mass is 9.99. The molecule has 0 bridgehead atoms. The summed E-state index contributed by atoms with van der Waals surface area (Å²) in [6.45, 7) is 0. The molecular formula is C98H57N5S3. The van der Waals surface area contributed by atoms with Crippen molar-refractivity contribution < 1.29 is 0 Å². The molecule has 16 aromatic carbocycles. The van der Waals surface area contributed by atoms with Crippen LogP contribution in [0.3, 0.4) is 0 Å². The highest BCUT2D eigenvalue weighted by Crippen LogP contribution is 2.46. The molecule has 0 aliphatic rings. The molecule has 0 aliphatic carbocycles. The van der Waals surface area contributed by atoms with Crippen LogP contribution in [0.15, 0.2) is 346 Å². The van der Waals surface area contributed by atoms with Gasteiger partial charge in [0.15, 0.2) is 5.82 Å². The van der Waals surface area contributed by atoms with E-state index in [2.05, 4.69) is 359 Å². The summed E-state index contributed by atoms with van der Waals surface area (Å²) < 4.78 is 15.1. The average Bonchev–Trinajstić information content (AvgIpc) is 1.40. The molecule has 5 nitrogen and oxygen atoms in total. The van der Waals surface area contributed by atoms with Crippen LogP contribution in [-0.4, -0.2) is 23.7 Å². The third-order valence-corrected chi connectivity index (χ3v) is 25.5. The van der Waals surface area contributed by atoms with Gasteiger partial charge in [-0.05, 0) is 202 Å². The minimum atomic E-state index is 0.650. The highest BCUT2D eigenvalue weighted by molar-refractivity contribution is 7.26. The van der Waals surface area contributed by atoms with E-state index >= 15 is 0 Å².